The van der Waals surface area contributed by atoms with Gasteiger partial charge >= 0.3 is 6.18 Å². The lowest BCUT2D eigenvalue weighted by Crippen LogP contribution is -2.13. The van der Waals surface area contributed by atoms with Crippen molar-refractivity contribution in [1.29, 1.82) is 0 Å². The Labute approximate surface area is 57.7 Å². The smallest absolute Gasteiger partial charge is 0.166 e. The maximum absolute atomic E-state index is 11.9. The van der Waals surface area contributed by atoms with Gasteiger partial charge in [0.05, 0.1) is 0 Å². The normalized spacial score (nSPS) is 20.5. The SMILES string of the molecule is FC(F)(F)C1=CCCCC1. The second kappa shape index (κ2) is 2.64. The molecule has 0 saturated heterocycles. The molecule has 0 heterocycles. The Morgan fingerprint density at radius 1 is 1.20 bits per heavy atom. The minimum atomic E-state index is -4.07. The van der Waals surface area contributed by atoms with Crippen LogP contribution in [0.2, 0.25) is 0 Å². The molecule has 1 rings (SSSR count). The van der Waals surface area contributed by atoms with E-state index in [2.05, 4.69) is 0 Å². The molecule has 0 bridgehead atoms. The molecule has 1 aliphatic rings. The molecule has 0 aromatic heterocycles. The molecule has 0 radical (unpaired) electrons. The zero-order valence-electron chi connectivity index (χ0n) is 5.54. The second-order valence-electron chi connectivity index (χ2n) is 2.47. The van der Waals surface area contributed by atoms with E-state index in [0.717, 1.165) is 6.42 Å². The fourth-order valence-electron chi connectivity index (χ4n) is 1.10. The van der Waals surface area contributed by atoms with Crippen molar-refractivity contribution >= 4 is 0 Å². The molecule has 0 aromatic rings. The van der Waals surface area contributed by atoms with Crippen LogP contribution in [0, 0.1) is 0 Å². The van der Waals surface area contributed by atoms with Crippen molar-refractivity contribution < 1.29 is 13.2 Å². The Hall–Kier alpha value is -0.470. The highest BCUT2D eigenvalue weighted by molar-refractivity contribution is 5.10. The zero-order chi connectivity index (χ0) is 7.61. The minimum Gasteiger partial charge on any atom is -0.166 e. The summed E-state index contributed by atoms with van der Waals surface area (Å²) in [4.78, 5) is 0. The van der Waals surface area contributed by atoms with Crippen molar-refractivity contribution in [2.75, 3.05) is 0 Å². The third-order valence-corrected chi connectivity index (χ3v) is 1.66. The highest BCUT2D eigenvalue weighted by Gasteiger charge is 2.33. The first-order valence-corrected chi connectivity index (χ1v) is 3.37. The summed E-state index contributed by atoms with van der Waals surface area (Å²) < 4.78 is 35.6. The molecule has 0 unspecified atom stereocenters. The van der Waals surface area contributed by atoms with Crippen LogP contribution >= 0.6 is 0 Å². The molecule has 0 saturated carbocycles. The van der Waals surface area contributed by atoms with E-state index in [1.807, 2.05) is 0 Å². The molecule has 0 nitrogen and oxygen atoms in total. The van der Waals surface area contributed by atoms with Gasteiger partial charge in [0.1, 0.15) is 0 Å². The van der Waals surface area contributed by atoms with E-state index in [4.69, 9.17) is 0 Å². The van der Waals surface area contributed by atoms with E-state index in [1.54, 1.807) is 0 Å². The van der Waals surface area contributed by atoms with Crippen molar-refractivity contribution in [3.05, 3.63) is 11.6 Å². The summed E-state index contributed by atoms with van der Waals surface area (Å²) in [6, 6.07) is 0. The Bertz CT molecular complexity index is 143. The van der Waals surface area contributed by atoms with Gasteiger partial charge in [-0.15, -0.1) is 0 Å². The Balaban J connectivity index is 2.62. The number of alkyl halides is 3. The van der Waals surface area contributed by atoms with Gasteiger partial charge in [0.15, 0.2) is 0 Å². The summed E-state index contributed by atoms with van der Waals surface area (Å²) in [5, 5.41) is 0. The average molecular weight is 150 g/mol. The van der Waals surface area contributed by atoms with Crippen LogP contribution in [0.4, 0.5) is 13.2 Å². The molecule has 0 aromatic carbocycles. The van der Waals surface area contributed by atoms with Crippen LogP contribution in [-0.2, 0) is 0 Å². The molecule has 0 aliphatic heterocycles. The number of allylic oxidation sites excluding steroid dienone is 2. The maximum Gasteiger partial charge on any atom is 0.412 e. The molecule has 0 amide bonds. The lowest BCUT2D eigenvalue weighted by molar-refractivity contribution is -0.0950. The summed E-state index contributed by atoms with van der Waals surface area (Å²) in [5.41, 5.74) is -0.334. The topological polar surface area (TPSA) is 0 Å². The third-order valence-electron chi connectivity index (χ3n) is 1.66. The molecule has 0 fully saturated rings. The van der Waals surface area contributed by atoms with Gasteiger partial charge in [-0.3, -0.25) is 0 Å². The van der Waals surface area contributed by atoms with Crippen molar-refractivity contribution in [3.63, 3.8) is 0 Å². The van der Waals surface area contributed by atoms with Crippen LogP contribution < -0.4 is 0 Å². The summed E-state index contributed by atoms with van der Waals surface area (Å²) in [6.07, 6.45) is -0.368. The van der Waals surface area contributed by atoms with Gasteiger partial charge in [0.2, 0.25) is 0 Å². The van der Waals surface area contributed by atoms with Crippen LogP contribution in [0.1, 0.15) is 25.7 Å². The van der Waals surface area contributed by atoms with Crippen molar-refractivity contribution in [1.82, 2.24) is 0 Å². The van der Waals surface area contributed by atoms with Gasteiger partial charge in [0, 0.05) is 5.57 Å². The summed E-state index contributed by atoms with van der Waals surface area (Å²) in [5.74, 6) is 0. The van der Waals surface area contributed by atoms with E-state index < -0.39 is 6.18 Å². The van der Waals surface area contributed by atoms with E-state index in [9.17, 15) is 13.2 Å². The Kier molecular flexibility index (Phi) is 2.02. The van der Waals surface area contributed by atoms with Crippen LogP contribution in [-0.4, -0.2) is 6.18 Å². The van der Waals surface area contributed by atoms with Gasteiger partial charge in [-0.1, -0.05) is 6.08 Å². The molecule has 10 heavy (non-hydrogen) atoms. The fourth-order valence-corrected chi connectivity index (χ4v) is 1.10. The van der Waals surface area contributed by atoms with Gasteiger partial charge in [-0.2, -0.15) is 13.2 Å². The number of hydrogen-bond donors (Lipinski definition) is 0. The molecule has 58 valence electrons. The predicted molar refractivity (Wildman–Crippen MR) is 32.6 cm³/mol. The van der Waals surface area contributed by atoms with E-state index >= 15 is 0 Å². The number of rotatable bonds is 0. The lowest BCUT2D eigenvalue weighted by atomic mass is 9.99. The quantitative estimate of drug-likeness (QED) is 0.465. The van der Waals surface area contributed by atoms with Crippen molar-refractivity contribution in [2.45, 2.75) is 31.9 Å². The molecule has 1 aliphatic carbocycles. The van der Waals surface area contributed by atoms with Crippen LogP contribution in [0.15, 0.2) is 11.6 Å². The summed E-state index contributed by atoms with van der Waals surface area (Å²) >= 11 is 0. The lowest BCUT2D eigenvalue weighted by Gasteiger charge is -2.14. The first-order chi connectivity index (χ1) is 4.61. The number of hydrogen-bond acceptors (Lipinski definition) is 0. The summed E-state index contributed by atoms with van der Waals surface area (Å²) in [7, 11) is 0. The average Bonchev–Trinajstić information content (AvgIpc) is 1.88. The highest BCUT2D eigenvalue weighted by Crippen LogP contribution is 2.32. The molecule has 0 atom stereocenters. The van der Waals surface area contributed by atoms with Gasteiger partial charge in [0.25, 0.3) is 0 Å². The maximum atomic E-state index is 11.9. The van der Waals surface area contributed by atoms with Crippen molar-refractivity contribution in [3.8, 4) is 0 Å². The van der Waals surface area contributed by atoms with Gasteiger partial charge < -0.3 is 0 Å². The van der Waals surface area contributed by atoms with Crippen LogP contribution in [0.5, 0.6) is 0 Å². The molecule has 0 N–H and O–H groups in total. The third kappa shape index (κ3) is 1.75. The van der Waals surface area contributed by atoms with Gasteiger partial charge in [-0.05, 0) is 25.7 Å². The van der Waals surface area contributed by atoms with E-state index in [1.165, 1.54) is 6.08 Å². The van der Waals surface area contributed by atoms with Gasteiger partial charge in [-0.25, -0.2) is 0 Å². The Morgan fingerprint density at radius 2 is 1.90 bits per heavy atom. The van der Waals surface area contributed by atoms with Crippen molar-refractivity contribution in [2.24, 2.45) is 0 Å². The minimum absolute atomic E-state index is 0.212. The fraction of sp³-hybridized carbons (Fsp3) is 0.714. The molecule has 0 spiro atoms. The molecular formula is C7H9F3. The van der Waals surface area contributed by atoms with E-state index in [0.29, 0.717) is 12.8 Å². The van der Waals surface area contributed by atoms with Crippen LogP contribution in [0.25, 0.3) is 0 Å². The first kappa shape index (κ1) is 7.63. The molecule has 3 heteroatoms. The number of halogens is 3. The monoisotopic (exact) mass is 150 g/mol. The Morgan fingerprint density at radius 3 is 2.20 bits per heavy atom. The predicted octanol–water partition coefficient (Wildman–Crippen LogP) is 3.05. The largest absolute Gasteiger partial charge is 0.412 e. The van der Waals surface area contributed by atoms with Crippen LogP contribution in [0.3, 0.4) is 0 Å². The first-order valence-electron chi connectivity index (χ1n) is 3.37. The van der Waals surface area contributed by atoms with E-state index in [-0.39, 0.29) is 12.0 Å². The molecular weight excluding hydrogens is 141 g/mol. The highest BCUT2D eigenvalue weighted by atomic mass is 19.4. The standard InChI is InChI=1S/C7H9F3/c8-7(9,10)6-4-2-1-3-5-6/h4H,1-3,5H2. The summed E-state index contributed by atoms with van der Waals surface area (Å²) in [6.45, 7) is 0. The second-order valence-corrected chi connectivity index (χ2v) is 2.47. The zero-order valence-corrected chi connectivity index (χ0v) is 5.54.